The maximum absolute atomic E-state index is 13.1. The number of aliphatic hydroxyl groups is 1. The van der Waals surface area contributed by atoms with Crippen LogP contribution in [0.4, 0.5) is 5.82 Å². The molecule has 6 rings (SSSR count). The summed E-state index contributed by atoms with van der Waals surface area (Å²) in [5, 5.41) is 21.6. The first-order valence-electron chi connectivity index (χ1n) is 12.8. The van der Waals surface area contributed by atoms with Crippen LogP contribution in [0.25, 0.3) is 16.8 Å². The Bertz CT molecular complexity index is 1600. The number of halogens is 1. The van der Waals surface area contributed by atoms with E-state index in [0.717, 1.165) is 12.8 Å². The lowest BCUT2D eigenvalue weighted by Gasteiger charge is -2.38. The smallest absolute Gasteiger partial charge is 0.291 e. The zero-order chi connectivity index (χ0) is 27.6. The fraction of sp³-hybridized carbons (Fsp3) is 0.423. The third-order valence-electron chi connectivity index (χ3n) is 7.77. The van der Waals surface area contributed by atoms with E-state index >= 15 is 0 Å². The predicted octanol–water partition coefficient (Wildman–Crippen LogP) is 3.13. The Morgan fingerprint density at radius 3 is 2.49 bits per heavy atom. The molecule has 2 saturated heterocycles. The van der Waals surface area contributed by atoms with E-state index in [0.29, 0.717) is 51.6 Å². The number of hydrogen-bond acceptors (Lipinski definition) is 9. The van der Waals surface area contributed by atoms with Gasteiger partial charge in [-0.1, -0.05) is 11.6 Å². The van der Waals surface area contributed by atoms with Gasteiger partial charge in [-0.3, -0.25) is 19.7 Å². The molecule has 39 heavy (non-hydrogen) atoms. The van der Waals surface area contributed by atoms with Crippen molar-refractivity contribution in [1.29, 1.82) is 0 Å². The second-order valence-electron chi connectivity index (χ2n) is 10.8. The molecule has 2 aliphatic rings. The molecule has 2 aliphatic heterocycles. The summed E-state index contributed by atoms with van der Waals surface area (Å²) in [7, 11) is 0. The van der Waals surface area contributed by atoms with Gasteiger partial charge >= 0.3 is 0 Å². The van der Waals surface area contributed by atoms with Gasteiger partial charge in [0.25, 0.3) is 5.91 Å². The van der Waals surface area contributed by atoms with Gasteiger partial charge in [0.1, 0.15) is 17.7 Å². The van der Waals surface area contributed by atoms with E-state index < -0.39 is 5.60 Å². The summed E-state index contributed by atoms with van der Waals surface area (Å²) in [6, 6.07) is 1.70. The molecule has 4 aromatic rings. The number of pyridine rings is 1. The van der Waals surface area contributed by atoms with Gasteiger partial charge in [-0.2, -0.15) is 14.7 Å². The van der Waals surface area contributed by atoms with Crippen LogP contribution < -0.4 is 5.73 Å². The first-order chi connectivity index (χ1) is 18.5. The number of aromatic amines is 1. The van der Waals surface area contributed by atoms with Gasteiger partial charge < -0.3 is 15.7 Å². The van der Waals surface area contributed by atoms with Crippen molar-refractivity contribution in [3.8, 4) is 11.1 Å². The van der Waals surface area contributed by atoms with Crippen molar-refractivity contribution in [2.75, 3.05) is 5.73 Å². The second kappa shape index (κ2) is 9.09. The number of nitrogens with two attached hydrogens (primary N) is 1. The predicted molar refractivity (Wildman–Crippen MR) is 142 cm³/mol. The van der Waals surface area contributed by atoms with Gasteiger partial charge in [-0.15, -0.1) is 0 Å². The monoisotopic (exact) mass is 549 g/mol. The van der Waals surface area contributed by atoms with Gasteiger partial charge in [-0.05, 0) is 52.5 Å². The molecule has 202 valence electrons. The Hall–Kier alpha value is -3.90. The van der Waals surface area contributed by atoms with Gasteiger partial charge in [0.15, 0.2) is 11.4 Å². The number of H-pyrrole nitrogens is 1. The Morgan fingerprint density at radius 1 is 1.18 bits per heavy atom. The van der Waals surface area contributed by atoms with E-state index in [1.807, 2.05) is 4.90 Å². The van der Waals surface area contributed by atoms with E-state index in [2.05, 4.69) is 25.3 Å². The van der Waals surface area contributed by atoms with Gasteiger partial charge in [0.05, 0.1) is 28.2 Å². The van der Waals surface area contributed by atoms with E-state index in [1.165, 1.54) is 17.8 Å². The molecule has 2 bridgehead atoms. The molecule has 12 nitrogen and oxygen atoms in total. The lowest BCUT2D eigenvalue weighted by Crippen LogP contribution is -2.46. The molecule has 2 atom stereocenters. The number of carbonyl (C=O) groups is 2. The van der Waals surface area contributed by atoms with Crippen molar-refractivity contribution in [3.63, 3.8) is 0 Å². The van der Waals surface area contributed by atoms with Gasteiger partial charge in [-0.25, -0.2) is 9.97 Å². The maximum atomic E-state index is 13.1. The van der Waals surface area contributed by atoms with E-state index in [-0.39, 0.29) is 41.3 Å². The van der Waals surface area contributed by atoms with E-state index in [1.54, 1.807) is 32.3 Å². The average molecular weight is 550 g/mol. The zero-order valence-electron chi connectivity index (χ0n) is 21.7. The fourth-order valence-electron chi connectivity index (χ4n) is 6.09. The van der Waals surface area contributed by atoms with Crippen LogP contribution in [0.3, 0.4) is 0 Å². The number of ketones is 1. The van der Waals surface area contributed by atoms with Crippen LogP contribution in [0.5, 0.6) is 0 Å². The highest BCUT2D eigenvalue weighted by Gasteiger charge is 2.45. The fourth-order valence-corrected chi connectivity index (χ4v) is 6.49. The molecule has 0 spiro atoms. The number of hydrogen-bond donors (Lipinski definition) is 3. The third kappa shape index (κ3) is 4.14. The largest absolute Gasteiger partial charge is 0.384 e. The van der Waals surface area contributed by atoms with Crippen LogP contribution in [-0.4, -0.2) is 68.5 Å². The first-order valence-corrected chi connectivity index (χ1v) is 13.2. The molecule has 1 amide bonds. The van der Waals surface area contributed by atoms with Crippen LogP contribution >= 0.6 is 11.6 Å². The summed E-state index contributed by atoms with van der Waals surface area (Å²) in [5.41, 5.74) is 8.45. The maximum Gasteiger partial charge on any atom is 0.291 e. The number of rotatable bonds is 5. The summed E-state index contributed by atoms with van der Waals surface area (Å²) < 4.78 is 1.46. The molecule has 0 aliphatic carbocycles. The number of fused-ring (bicyclic) bond motifs is 3. The number of aromatic nitrogens is 7. The number of nitrogen functional groups attached to an aromatic ring is 1. The summed E-state index contributed by atoms with van der Waals surface area (Å²) in [6.07, 6.45) is 7.58. The van der Waals surface area contributed by atoms with Gasteiger partial charge in [0, 0.05) is 35.3 Å². The number of Topliss-reactive ketones (excluding diaryl/α,β-unsaturated/α-hetero) is 1. The Balaban J connectivity index is 1.41. The Labute approximate surface area is 228 Å². The molecule has 6 heterocycles. The number of carbonyl (C=O) groups excluding carboxylic acids is 2. The van der Waals surface area contributed by atoms with Crippen LogP contribution in [0.1, 0.15) is 84.7 Å². The van der Waals surface area contributed by atoms with Crippen molar-refractivity contribution in [3.05, 3.63) is 52.6 Å². The van der Waals surface area contributed by atoms with Crippen LogP contribution in [0, 0.1) is 0 Å². The SMILES string of the molecule is CC(=O)c1c(C2CC3CCC(C2)N3C(=O)c2ncn[nH]2)nc2c(-c3cnc(C(C)(C)O)c(Cl)c3)cnn2c1N. The molecular weight excluding hydrogens is 522 g/mol. The highest BCUT2D eigenvalue weighted by atomic mass is 35.5. The topological polar surface area (TPSA) is 168 Å². The number of amides is 1. The molecule has 0 saturated carbocycles. The van der Waals surface area contributed by atoms with Crippen LogP contribution in [0.15, 0.2) is 24.8 Å². The molecular formula is C26H28ClN9O3. The van der Waals surface area contributed by atoms with Crippen LogP contribution in [0.2, 0.25) is 5.02 Å². The minimum atomic E-state index is -1.20. The molecule has 13 heteroatoms. The standard InChI is InChI=1S/C26H28ClN9O3/c1-12(37)19-20(13-6-15-4-5-16(7-13)35(15)25(38)23-30-11-31-34-23)33-24-17(10-32-36(24)22(19)28)14-8-18(27)21(29-9-14)26(2,3)39/h8-11,13,15-16,39H,4-7,28H2,1-3H3,(H,30,31,34). The summed E-state index contributed by atoms with van der Waals surface area (Å²) in [5.74, 6) is 0.0131. The third-order valence-corrected chi connectivity index (χ3v) is 8.05. The van der Waals surface area contributed by atoms with Crippen molar-refractivity contribution < 1.29 is 14.7 Å². The first kappa shape index (κ1) is 25.4. The molecule has 4 N–H and O–H groups in total. The molecule has 0 radical (unpaired) electrons. The normalized spacial score (nSPS) is 21.1. The number of anilines is 1. The Kier molecular flexibility index (Phi) is 5.92. The average Bonchev–Trinajstić information content (AvgIpc) is 3.61. The summed E-state index contributed by atoms with van der Waals surface area (Å²) in [4.78, 5) is 41.2. The molecule has 2 fully saturated rings. The molecule has 0 aromatic carbocycles. The number of piperidine rings is 1. The number of nitrogens with zero attached hydrogens (tertiary/aromatic N) is 7. The van der Waals surface area contributed by atoms with E-state index in [4.69, 9.17) is 22.3 Å². The van der Waals surface area contributed by atoms with E-state index in [9.17, 15) is 14.7 Å². The lowest BCUT2D eigenvalue weighted by atomic mass is 9.85. The van der Waals surface area contributed by atoms with Crippen molar-refractivity contribution in [2.45, 2.75) is 70.1 Å². The summed E-state index contributed by atoms with van der Waals surface area (Å²) in [6.45, 7) is 4.71. The molecule has 4 aromatic heterocycles. The number of nitrogens with one attached hydrogen (secondary N) is 1. The highest BCUT2D eigenvalue weighted by Crippen LogP contribution is 2.45. The minimum absolute atomic E-state index is 0.00724. The highest BCUT2D eigenvalue weighted by molar-refractivity contribution is 6.31. The van der Waals surface area contributed by atoms with Crippen molar-refractivity contribution in [2.24, 2.45) is 0 Å². The molecule has 2 unspecified atom stereocenters. The Morgan fingerprint density at radius 2 is 1.90 bits per heavy atom. The minimum Gasteiger partial charge on any atom is -0.384 e. The quantitative estimate of drug-likeness (QED) is 0.316. The van der Waals surface area contributed by atoms with Crippen molar-refractivity contribution in [1.82, 2.24) is 39.7 Å². The van der Waals surface area contributed by atoms with Gasteiger partial charge in [0.2, 0.25) is 5.82 Å². The lowest BCUT2D eigenvalue weighted by molar-refractivity contribution is 0.0556. The zero-order valence-corrected chi connectivity index (χ0v) is 22.5. The van der Waals surface area contributed by atoms with Crippen molar-refractivity contribution >= 4 is 34.8 Å². The van der Waals surface area contributed by atoms with Crippen LogP contribution in [-0.2, 0) is 5.60 Å². The second-order valence-corrected chi connectivity index (χ2v) is 11.2. The summed E-state index contributed by atoms with van der Waals surface area (Å²) >= 11 is 6.47.